The van der Waals surface area contributed by atoms with Gasteiger partial charge in [0.05, 0.1) is 0 Å². The van der Waals surface area contributed by atoms with Crippen LogP contribution >= 0.6 is 0 Å². The Hall–Kier alpha value is -1.58. The van der Waals surface area contributed by atoms with Crippen molar-refractivity contribution in [2.45, 2.75) is 57.9 Å². The lowest BCUT2D eigenvalue weighted by atomic mass is 9.84. The molecule has 24 heavy (non-hydrogen) atoms. The lowest BCUT2D eigenvalue weighted by Crippen LogP contribution is -2.40. The van der Waals surface area contributed by atoms with Crippen LogP contribution in [0.1, 0.15) is 62.2 Å². The molecule has 1 aromatic rings. The zero-order chi connectivity index (χ0) is 16.5. The number of pyridine rings is 1. The molecule has 2 bridgehead atoms. The number of aromatic nitrogens is 1. The highest BCUT2D eigenvalue weighted by Crippen LogP contribution is 2.49. The SMILES string of the molecule is CC(NC(=O)c1ccnc(N2CCCCC2)c1)C1CC2CCC1C2. The van der Waals surface area contributed by atoms with Gasteiger partial charge in [-0.3, -0.25) is 4.79 Å². The molecule has 1 aromatic heterocycles. The molecule has 0 radical (unpaired) electrons. The van der Waals surface area contributed by atoms with Gasteiger partial charge in [0.15, 0.2) is 0 Å². The second-order valence-electron chi connectivity index (χ2n) is 8.05. The number of hydrogen-bond donors (Lipinski definition) is 1. The molecule has 1 saturated heterocycles. The first-order valence-corrected chi connectivity index (χ1v) is 9.72. The summed E-state index contributed by atoms with van der Waals surface area (Å²) in [5.41, 5.74) is 0.751. The zero-order valence-electron chi connectivity index (χ0n) is 14.7. The lowest BCUT2D eigenvalue weighted by molar-refractivity contribution is 0.0915. The third kappa shape index (κ3) is 3.15. The topological polar surface area (TPSA) is 45.2 Å². The molecule has 3 aliphatic rings. The van der Waals surface area contributed by atoms with Gasteiger partial charge >= 0.3 is 0 Å². The van der Waals surface area contributed by atoms with E-state index in [-0.39, 0.29) is 11.9 Å². The molecule has 0 aromatic carbocycles. The van der Waals surface area contributed by atoms with E-state index >= 15 is 0 Å². The summed E-state index contributed by atoms with van der Waals surface area (Å²) in [5.74, 6) is 3.45. The van der Waals surface area contributed by atoms with Crippen molar-refractivity contribution in [3.8, 4) is 0 Å². The summed E-state index contributed by atoms with van der Waals surface area (Å²) in [7, 11) is 0. The van der Waals surface area contributed by atoms with Crippen LogP contribution in [0.15, 0.2) is 18.3 Å². The van der Waals surface area contributed by atoms with Gasteiger partial charge in [0.1, 0.15) is 5.82 Å². The molecule has 4 atom stereocenters. The summed E-state index contributed by atoms with van der Waals surface area (Å²) in [5, 5.41) is 3.27. The molecule has 130 valence electrons. The van der Waals surface area contributed by atoms with Crippen LogP contribution in [0.2, 0.25) is 0 Å². The Morgan fingerprint density at radius 3 is 2.79 bits per heavy atom. The van der Waals surface area contributed by atoms with Crippen molar-refractivity contribution in [2.75, 3.05) is 18.0 Å². The van der Waals surface area contributed by atoms with E-state index in [1.54, 1.807) is 6.20 Å². The van der Waals surface area contributed by atoms with Crippen molar-refractivity contribution in [1.29, 1.82) is 0 Å². The predicted molar refractivity (Wildman–Crippen MR) is 96.2 cm³/mol. The Kier molecular flexibility index (Phi) is 4.47. The Balaban J connectivity index is 1.40. The quantitative estimate of drug-likeness (QED) is 0.918. The average molecular weight is 327 g/mol. The fourth-order valence-corrected chi connectivity index (χ4v) is 5.16. The maximum Gasteiger partial charge on any atom is 0.251 e. The van der Waals surface area contributed by atoms with Crippen molar-refractivity contribution in [2.24, 2.45) is 17.8 Å². The molecule has 4 rings (SSSR count). The largest absolute Gasteiger partial charge is 0.357 e. The first-order chi connectivity index (χ1) is 11.7. The van der Waals surface area contributed by atoms with E-state index in [0.29, 0.717) is 5.92 Å². The molecule has 2 aliphatic carbocycles. The number of fused-ring (bicyclic) bond motifs is 2. The van der Waals surface area contributed by atoms with Gasteiger partial charge in [-0.2, -0.15) is 0 Å². The van der Waals surface area contributed by atoms with Crippen LogP contribution in [0.4, 0.5) is 5.82 Å². The second kappa shape index (κ2) is 6.73. The minimum Gasteiger partial charge on any atom is -0.357 e. The van der Waals surface area contributed by atoms with E-state index in [0.717, 1.165) is 36.3 Å². The van der Waals surface area contributed by atoms with Crippen LogP contribution in [0.3, 0.4) is 0 Å². The minimum absolute atomic E-state index is 0.0610. The van der Waals surface area contributed by atoms with Crippen molar-refractivity contribution in [3.05, 3.63) is 23.9 Å². The summed E-state index contributed by atoms with van der Waals surface area (Å²) >= 11 is 0. The number of rotatable bonds is 4. The van der Waals surface area contributed by atoms with Gasteiger partial charge in [0, 0.05) is 30.9 Å². The Labute approximate surface area is 145 Å². The van der Waals surface area contributed by atoms with Crippen LogP contribution in [-0.4, -0.2) is 30.0 Å². The van der Waals surface area contributed by atoms with Crippen LogP contribution in [0.5, 0.6) is 0 Å². The molecular weight excluding hydrogens is 298 g/mol. The first kappa shape index (κ1) is 15.9. The highest BCUT2D eigenvalue weighted by atomic mass is 16.1. The number of nitrogens with one attached hydrogen (secondary N) is 1. The Morgan fingerprint density at radius 1 is 1.25 bits per heavy atom. The number of anilines is 1. The molecule has 1 N–H and O–H groups in total. The molecule has 0 spiro atoms. The van der Waals surface area contributed by atoms with Gasteiger partial charge < -0.3 is 10.2 Å². The van der Waals surface area contributed by atoms with Gasteiger partial charge in [-0.15, -0.1) is 0 Å². The molecule has 4 nitrogen and oxygen atoms in total. The molecule has 3 fully saturated rings. The molecular formula is C20H29N3O. The predicted octanol–water partition coefficient (Wildman–Crippen LogP) is 3.63. The summed E-state index contributed by atoms with van der Waals surface area (Å²) in [4.78, 5) is 19.5. The van der Waals surface area contributed by atoms with E-state index in [2.05, 4.69) is 22.1 Å². The monoisotopic (exact) mass is 327 g/mol. The minimum atomic E-state index is 0.0610. The van der Waals surface area contributed by atoms with Crippen LogP contribution in [-0.2, 0) is 0 Å². The highest BCUT2D eigenvalue weighted by Gasteiger charge is 2.42. The normalized spacial score (nSPS) is 30.4. The number of amides is 1. The van der Waals surface area contributed by atoms with Crippen LogP contribution < -0.4 is 10.2 Å². The number of carbonyl (C=O) groups is 1. The standard InChI is InChI=1S/C20H29N3O/c1-14(18-12-15-5-6-16(18)11-15)22-20(24)17-7-8-21-19(13-17)23-9-3-2-4-10-23/h7-8,13-16,18H,2-6,9-12H2,1H3,(H,22,24). The Bertz CT molecular complexity index is 596. The summed E-state index contributed by atoms with van der Waals surface area (Å²) in [6.07, 6.45) is 11.0. The van der Waals surface area contributed by atoms with E-state index in [4.69, 9.17) is 0 Å². The Morgan fingerprint density at radius 2 is 2.08 bits per heavy atom. The highest BCUT2D eigenvalue weighted by molar-refractivity contribution is 5.95. The zero-order valence-corrected chi connectivity index (χ0v) is 14.7. The average Bonchev–Trinajstić information content (AvgIpc) is 3.26. The lowest BCUT2D eigenvalue weighted by Gasteiger charge is -2.29. The third-order valence-corrected chi connectivity index (χ3v) is 6.48. The fraction of sp³-hybridized carbons (Fsp3) is 0.700. The molecule has 2 saturated carbocycles. The maximum atomic E-state index is 12.7. The van der Waals surface area contributed by atoms with Gasteiger partial charge in [-0.25, -0.2) is 4.98 Å². The smallest absolute Gasteiger partial charge is 0.251 e. The molecule has 4 heteroatoms. The molecule has 4 unspecified atom stereocenters. The second-order valence-corrected chi connectivity index (χ2v) is 8.05. The van der Waals surface area contributed by atoms with Crippen LogP contribution in [0.25, 0.3) is 0 Å². The van der Waals surface area contributed by atoms with E-state index in [1.165, 1.54) is 44.9 Å². The van der Waals surface area contributed by atoms with Crippen molar-refractivity contribution in [3.63, 3.8) is 0 Å². The van der Waals surface area contributed by atoms with Gasteiger partial charge in [0.25, 0.3) is 5.91 Å². The summed E-state index contributed by atoms with van der Waals surface area (Å²) in [6, 6.07) is 4.09. The fourth-order valence-electron chi connectivity index (χ4n) is 5.16. The van der Waals surface area contributed by atoms with E-state index in [9.17, 15) is 4.79 Å². The van der Waals surface area contributed by atoms with E-state index in [1.807, 2.05) is 12.1 Å². The van der Waals surface area contributed by atoms with Crippen molar-refractivity contribution >= 4 is 11.7 Å². The number of nitrogens with zero attached hydrogens (tertiary/aromatic N) is 2. The molecule has 2 heterocycles. The van der Waals surface area contributed by atoms with Crippen LogP contribution in [0, 0.1) is 17.8 Å². The van der Waals surface area contributed by atoms with Gasteiger partial charge in [0.2, 0.25) is 0 Å². The number of carbonyl (C=O) groups excluding carboxylic acids is 1. The summed E-state index contributed by atoms with van der Waals surface area (Å²) < 4.78 is 0. The van der Waals surface area contributed by atoms with Crippen molar-refractivity contribution < 1.29 is 4.79 Å². The number of piperidine rings is 1. The van der Waals surface area contributed by atoms with Gasteiger partial charge in [-0.1, -0.05) is 6.42 Å². The molecule has 1 aliphatic heterocycles. The van der Waals surface area contributed by atoms with Gasteiger partial charge in [-0.05, 0) is 75.3 Å². The first-order valence-electron chi connectivity index (χ1n) is 9.72. The maximum absolute atomic E-state index is 12.7. The number of hydrogen-bond acceptors (Lipinski definition) is 3. The van der Waals surface area contributed by atoms with E-state index < -0.39 is 0 Å². The summed E-state index contributed by atoms with van der Waals surface area (Å²) in [6.45, 7) is 4.30. The molecule has 1 amide bonds. The third-order valence-electron chi connectivity index (χ3n) is 6.48. The van der Waals surface area contributed by atoms with Crippen molar-refractivity contribution in [1.82, 2.24) is 10.3 Å².